The summed E-state index contributed by atoms with van der Waals surface area (Å²) >= 11 is 1.86. The SMILES string of the molecule is COC(=O)CN(C)Cc1cccc(CNC(=O)CC(O)C=CCCSC(c2ccccc2)(c2ccccc2)c2ccccc2)n1. The van der Waals surface area contributed by atoms with Crippen LogP contribution in [0.2, 0.25) is 0 Å². The molecule has 7 nitrogen and oxygen atoms in total. The number of hydrogen-bond donors (Lipinski definition) is 2. The number of aliphatic hydroxyl groups excluding tert-OH is 1. The van der Waals surface area contributed by atoms with Gasteiger partial charge in [-0.15, -0.1) is 11.8 Å². The highest BCUT2D eigenvalue weighted by Gasteiger charge is 2.36. The Morgan fingerprint density at radius 1 is 0.889 bits per heavy atom. The lowest BCUT2D eigenvalue weighted by molar-refractivity contribution is -0.141. The van der Waals surface area contributed by atoms with Crippen LogP contribution in [0.1, 0.15) is 40.9 Å². The van der Waals surface area contributed by atoms with E-state index in [0.29, 0.717) is 12.2 Å². The number of esters is 1. The minimum Gasteiger partial charge on any atom is -0.468 e. The molecule has 0 saturated heterocycles. The van der Waals surface area contributed by atoms with Gasteiger partial charge in [0.1, 0.15) is 0 Å². The van der Waals surface area contributed by atoms with Crippen molar-refractivity contribution >= 4 is 23.6 Å². The standard InChI is InChI=1S/C37H41N3O4S/c1-40(28-36(43)44-2)27-33-22-14-21-32(39-33)26-38-35(42)25-34(41)23-12-13-24-45-37(29-15-6-3-7-16-29,30-17-8-4-9-18-30)31-19-10-5-11-20-31/h3-12,14-23,34,41H,13,24-28H2,1-2H3,(H,38,42). The number of hydrogen-bond acceptors (Lipinski definition) is 7. The van der Waals surface area contributed by atoms with Gasteiger partial charge in [0.25, 0.3) is 0 Å². The van der Waals surface area contributed by atoms with Crippen LogP contribution in [0.25, 0.3) is 0 Å². The summed E-state index contributed by atoms with van der Waals surface area (Å²) in [6, 6.07) is 37.3. The van der Waals surface area contributed by atoms with Crippen LogP contribution in [-0.4, -0.2) is 59.4 Å². The summed E-state index contributed by atoms with van der Waals surface area (Å²) in [4.78, 5) is 30.4. The van der Waals surface area contributed by atoms with Crippen LogP contribution in [0.15, 0.2) is 121 Å². The summed E-state index contributed by atoms with van der Waals surface area (Å²) in [5, 5.41) is 13.4. The van der Waals surface area contributed by atoms with Crippen LogP contribution in [0.4, 0.5) is 0 Å². The fourth-order valence-corrected chi connectivity index (χ4v) is 6.62. The first-order chi connectivity index (χ1) is 21.9. The molecule has 234 valence electrons. The van der Waals surface area contributed by atoms with Crippen molar-refractivity contribution in [1.82, 2.24) is 15.2 Å². The number of allylic oxidation sites excluding steroid dienone is 1. The molecule has 4 rings (SSSR count). The summed E-state index contributed by atoms with van der Waals surface area (Å²) in [6.07, 6.45) is 3.47. The highest BCUT2D eigenvalue weighted by molar-refractivity contribution is 8.00. The fraction of sp³-hybridized carbons (Fsp3) is 0.270. The van der Waals surface area contributed by atoms with Crippen molar-refractivity contribution in [3.8, 4) is 0 Å². The minimum absolute atomic E-state index is 0.0345. The van der Waals surface area contributed by atoms with Crippen LogP contribution in [-0.2, 0) is 32.2 Å². The largest absolute Gasteiger partial charge is 0.468 e. The molecule has 0 aliphatic heterocycles. The van der Waals surface area contributed by atoms with Gasteiger partial charge in [0.2, 0.25) is 5.91 Å². The number of benzene rings is 3. The molecule has 0 saturated carbocycles. The molecule has 4 aromatic rings. The Kier molecular flexibility index (Phi) is 12.9. The smallest absolute Gasteiger partial charge is 0.319 e. The van der Waals surface area contributed by atoms with Gasteiger partial charge in [-0.1, -0.05) is 109 Å². The van der Waals surface area contributed by atoms with Crippen LogP contribution in [0.3, 0.4) is 0 Å². The van der Waals surface area contributed by atoms with Gasteiger partial charge in [0.15, 0.2) is 0 Å². The lowest BCUT2D eigenvalue weighted by Gasteiger charge is -2.35. The third kappa shape index (κ3) is 9.88. The molecule has 2 N–H and O–H groups in total. The number of methoxy groups -OCH3 is 1. The maximum atomic E-state index is 12.5. The van der Waals surface area contributed by atoms with Crippen LogP contribution < -0.4 is 5.32 Å². The van der Waals surface area contributed by atoms with E-state index in [-0.39, 0.29) is 31.4 Å². The average Bonchev–Trinajstić information content (AvgIpc) is 3.07. The van der Waals surface area contributed by atoms with Gasteiger partial charge < -0.3 is 15.2 Å². The van der Waals surface area contributed by atoms with Gasteiger partial charge in [-0.25, -0.2) is 0 Å². The lowest BCUT2D eigenvalue weighted by Crippen LogP contribution is -2.28. The Morgan fingerprint density at radius 3 is 2.00 bits per heavy atom. The Hall–Kier alpha value is -4.24. The Labute approximate surface area is 270 Å². The Morgan fingerprint density at radius 2 is 1.44 bits per heavy atom. The van der Waals surface area contributed by atoms with Crippen LogP contribution in [0, 0.1) is 0 Å². The Bertz CT molecular complexity index is 1420. The highest BCUT2D eigenvalue weighted by Crippen LogP contribution is 2.48. The molecule has 3 aromatic carbocycles. The average molecular weight is 624 g/mol. The van der Waals surface area contributed by atoms with E-state index in [0.717, 1.165) is 17.9 Å². The normalized spacial score (nSPS) is 12.3. The molecule has 0 spiro atoms. The lowest BCUT2D eigenvalue weighted by atomic mass is 9.84. The molecule has 1 aromatic heterocycles. The van der Waals surface area contributed by atoms with Crippen molar-refractivity contribution in [2.24, 2.45) is 0 Å². The second kappa shape index (κ2) is 17.3. The van der Waals surface area contributed by atoms with E-state index >= 15 is 0 Å². The molecule has 1 amide bonds. The molecule has 0 aliphatic rings. The predicted molar refractivity (Wildman–Crippen MR) is 180 cm³/mol. The molecule has 0 bridgehead atoms. The second-order valence-corrected chi connectivity index (χ2v) is 12.1. The maximum Gasteiger partial charge on any atom is 0.319 e. The summed E-state index contributed by atoms with van der Waals surface area (Å²) in [5.41, 5.74) is 5.11. The van der Waals surface area contributed by atoms with E-state index in [2.05, 4.69) is 83.1 Å². The van der Waals surface area contributed by atoms with E-state index in [1.165, 1.54) is 23.8 Å². The van der Waals surface area contributed by atoms with Gasteiger partial charge in [0, 0.05) is 6.54 Å². The molecule has 0 aliphatic carbocycles. The van der Waals surface area contributed by atoms with E-state index in [1.807, 2.05) is 66.2 Å². The van der Waals surface area contributed by atoms with Gasteiger partial charge in [-0.2, -0.15) is 0 Å². The van der Waals surface area contributed by atoms with Gasteiger partial charge in [-0.3, -0.25) is 19.5 Å². The number of carbonyl (C=O) groups excluding carboxylic acids is 2. The summed E-state index contributed by atoms with van der Waals surface area (Å²) in [6.45, 7) is 0.889. The molecule has 1 heterocycles. The van der Waals surface area contributed by atoms with E-state index in [1.54, 1.807) is 6.08 Å². The van der Waals surface area contributed by atoms with Crippen molar-refractivity contribution in [1.29, 1.82) is 0 Å². The molecule has 8 heteroatoms. The predicted octanol–water partition coefficient (Wildman–Crippen LogP) is 5.73. The first-order valence-corrected chi connectivity index (χ1v) is 16.0. The fourth-order valence-electron chi connectivity index (χ4n) is 5.15. The third-order valence-electron chi connectivity index (χ3n) is 7.29. The third-order valence-corrected chi connectivity index (χ3v) is 8.87. The number of rotatable bonds is 16. The topological polar surface area (TPSA) is 91.8 Å². The van der Waals surface area contributed by atoms with Gasteiger partial charge >= 0.3 is 5.97 Å². The number of nitrogens with one attached hydrogen (secondary N) is 1. The first-order valence-electron chi connectivity index (χ1n) is 15.0. The van der Waals surface area contributed by atoms with E-state index in [9.17, 15) is 14.7 Å². The number of aliphatic hydroxyl groups is 1. The highest BCUT2D eigenvalue weighted by atomic mass is 32.2. The van der Waals surface area contributed by atoms with Crippen LogP contribution in [0.5, 0.6) is 0 Å². The molecule has 0 fully saturated rings. The molecule has 0 radical (unpaired) electrons. The van der Waals surface area contributed by atoms with Crippen molar-refractivity contribution in [3.05, 3.63) is 149 Å². The monoisotopic (exact) mass is 623 g/mol. The molecule has 1 atom stereocenters. The quantitative estimate of drug-likeness (QED) is 0.0714. The van der Waals surface area contributed by atoms with Crippen molar-refractivity contribution in [2.75, 3.05) is 26.5 Å². The van der Waals surface area contributed by atoms with Gasteiger partial charge in [0.05, 0.1) is 48.9 Å². The molecule has 1 unspecified atom stereocenters. The summed E-state index contributed by atoms with van der Waals surface area (Å²) < 4.78 is 4.31. The summed E-state index contributed by atoms with van der Waals surface area (Å²) in [7, 11) is 3.17. The van der Waals surface area contributed by atoms with Crippen molar-refractivity contribution in [2.45, 2.75) is 36.8 Å². The zero-order valence-corrected chi connectivity index (χ0v) is 26.7. The number of amides is 1. The van der Waals surface area contributed by atoms with Crippen molar-refractivity contribution < 1.29 is 19.4 Å². The number of carbonyl (C=O) groups is 2. The zero-order valence-electron chi connectivity index (χ0n) is 25.8. The number of nitrogens with zero attached hydrogens (tertiary/aromatic N) is 2. The number of ether oxygens (including phenoxy) is 1. The maximum absolute atomic E-state index is 12.5. The number of thioether (sulfide) groups is 1. The molecule has 45 heavy (non-hydrogen) atoms. The number of pyridine rings is 1. The minimum atomic E-state index is -0.886. The van der Waals surface area contributed by atoms with E-state index in [4.69, 9.17) is 4.74 Å². The van der Waals surface area contributed by atoms with Crippen molar-refractivity contribution in [3.63, 3.8) is 0 Å². The van der Waals surface area contributed by atoms with Gasteiger partial charge in [-0.05, 0) is 48.0 Å². The first kappa shape index (κ1) is 33.6. The molecular weight excluding hydrogens is 582 g/mol. The second-order valence-electron chi connectivity index (χ2n) is 10.8. The van der Waals surface area contributed by atoms with E-state index < -0.39 is 10.9 Å². The summed E-state index contributed by atoms with van der Waals surface area (Å²) in [5.74, 6) is 0.241. The molecular formula is C37H41N3O4S. The zero-order chi connectivity index (χ0) is 31.9. The van der Waals surface area contributed by atoms with Crippen LogP contribution >= 0.6 is 11.8 Å². The Balaban J connectivity index is 1.31. The number of likely N-dealkylation sites (N-methyl/N-ethyl adjacent to an activating group) is 1. The number of aromatic nitrogens is 1.